The van der Waals surface area contributed by atoms with Gasteiger partial charge in [0.15, 0.2) is 0 Å². The van der Waals surface area contributed by atoms with Gasteiger partial charge in [-0.2, -0.15) is 13.2 Å². The van der Waals surface area contributed by atoms with Crippen molar-refractivity contribution in [2.24, 2.45) is 0 Å². The Labute approximate surface area is 193 Å². The van der Waals surface area contributed by atoms with Crippen molar-refractivity contribution in [3.63, 3.8) is 0 Å². The summed E-state index contributed by atoms with van der Waals surface area (Å²) in [5.74, 6) is -1.12. The second kappa shape index (κ2) is 9.40. The van der Waals surface area contributed by atoms with E-state index in [2.05, 4.69) is 20.5 Å². The molecule has 1 saturated heterocycles. The third-order valence-corrected chi connectivity index (χ3v) is 7.29. The number of likely N-dealkylation sites (tertiary alicyclic amines) is 1. The summed E-state index contributed by atoms with van der Waals surface area (Å²) in [5, 5.41) is 16.0. The Balaban J connectivity index is 1.17. The minimum atomic E-state index is -4.54. The molecule has 0 spiro atoms. The summed E-state index contributed by atoms with van der Waals surface area (Å²) in [5.41, 5.74) is -0.136. The number of thiazole rings is 1. The first kappa shape index (κ1) is 23.7. The summed E-state index contributed by atoms with van der Waals surface area (Å²) >= 11 is 1.47. The number of benzene rings is 1. The van der Waals surface area contributed by atoms with E-state index in [-0.39, 0.29) is 24.1 Å². The molecule has 178 valence electrons. The van der Waals surface area contributed by atoms with E-state index in [0.29, 0.717) is 32.0 Å². The number of carbonyl (C=O) groups is 2. The summed E-state index contributed by atoms with van der Waals surface area (Å²) in [6, 6.07) is 4.39. The molecule has 2 amide bonds. The fourth-order valence-electron chi connectivity index (χ4n) is 4.42. The van der Waals surface area contributed by atoms with Gasteiger partial charge in [0.2, 0.25) is 5.91 Å². The first-order chi connectivity index (χ1) is 15.6. The van der Waals surface area contributed by atoms with Crippen molar-refractivity contribution in [3.05, 3.63) is 52.0 Å². The van der Waals surface area contributed by atoms with Crippen LogP contribution in [-0.4, -0.2) is 58.5 Å². The maximum absolute atomic E-state index is 12.8. The zero-order valence-electron chi connectivity index (χ0n) is 17.8. The molecule has 33 heavy (non-hydrogen) atoms. The van der Waals surface area contributed by atoms with E-state index in [1.165, 1.54) is 17.4 Å². The molecule has 2 fully saturated rings. The fraction of sp³-hybridized carbons (Fsp3) is 0.500. The Kier molecular flexibility index (Phi) is 6.73. The molecule has 2 aromatic rings. The average Bonchev–Trinajstić information content (AvgIpc) is 3.31. The molecule has 3 N–H and O–H groups in total. The quantitative estimate of drug-likeness (QED) is 0.588. The molecule has 2 heterocycles. The van der Waals surface area contributed by atoms with Crippen molar-refractivity contribution in [2.45, 2.75) is 49.5 Å². The summed E-state index contributed by atoms with van der Waals surface area (Å²) in [6.45, 7) is 1.07. The molecular weight excluding hydrogens is 457 g/mol. The van der Waals surface area contributed by atoms with Gasteiger partial charge in [-0.3, -0.25) is 19.5 Å². The Morgan fingerprint density at radius 2 is 1.97 bits per heavy atom. The lowest BCUT2D eigenvalue weighted by Gasteiger charge is -2.48. The highest BCUT2D eigenvalue weighted by atomic mass is 32.1. The van der Waals surface area contributed by atoms with Crippen LogP contribution in [0.15, 0.2) is 36.0 Å². The van der Waals surface area contributed by atoms with Crippen LogP contribution in [-0.2, 0) is 16.6 Å². The van der Waals surface area contributed by atoms with Crippen molar-refractivity contribution in [1.29, 1.82) is 0 Å². The van der Waals surface area contributed by atoms with E-state index in [1.54, 1.807) is 11.7 Å². The highest BCUT2D eigenvalue weighted by Crippen LogP contribution is 2.40. The van der Waals surface area contributed by atoms with Crippen molar-refractivity contribution in [1.82, 2.24) is 20.5 Å². The van der Waals surface area contributed by atoms with Crippen LogP contribution in [0.3, 0.4) is 0 Å². The van der Waals surface area contributed by atoms with Gasteiger partial charge in [0.1, 0.15) is 5.60 Å². The van der Waals surface area contributed by atoms with Crippen molar-refractivity contribution in [3.8, 4) is 0 Å². The summed E-state index contributed by atoms with van der Waals surface area (Å²) in [6.07, 6.45) is 0.266. The minimum Gasteiger partial charge on any atom is -0.384 e. The number of aliphatic hydroxyl groups is 1. The van der Waals surface area contributed by atoms with Crippen LogP contribution in [0.2, 0.25) is 0 Å². The number of nitrogens with one attached hydrogen (secondary N) is 2. The molecule has 1 saturated carbocycles. The molecular formula is C22H25F3N4O3S. The molecule has 4 rings (SSSR count). The van der Waals surface area contributed by atoms with E-state index < -0.39 is 23.2 Å². The second-order valence-corrected chi connectivity index (χ2v) is 9.49. The van der Waals surface area contributed by atoms with Gasteiger partial charge in [0, 0.05) is 30.9 Å². The highest BCUT2D eigenvalue weighted by molar-refractivity contribution is 7.09. The molecule has 0 radical (unpaired) electrons. The van der Waals surface area contributed by atoms with Crippen molar-refractivity contribution in [2.75, 3.05) is 19.6 Å². The first-order valence-corrected chi connectivity index (χ1v) is 11.6. The van der Waals surface area contributed by atoms with Crippen LogP contribution in [0, 0.1) is 0 Å². The van der Waals surface area contributed by atoms with E-state index in [0.717, 1.165) is 35.9 Å². The number of aromatic nitrogens is 1. The molecule has 7 nitrogen and oxygen atoms in total. The van der Waals surface area contributed by atoms with Gasteiger partial charge in [-0.15, -0.1) is 11.3 Å². The average molecular weight is 483 g/mol. The number of rotatable bonds is 6. The van der Waals surface area contributed by atoms with Crippen molar-refractivity contribution >= 4 is 23.2 Å². The predicted molar refractivity (Wildman–Crippen MR) is 116 cm³/mol. The molecule has 0 bridgehead atoms. The fourth-order valence-corrected chi connectivity index (χ4v) is 5.20. The molecule has 11 heteroatoms. The Bertz CT molecular complexity index is 985. The van der Waals surface area contributed by atoms with Gasteiger partial charge in [0.05, 0.1) is 28.5 Å². The SMILES string of the molecule is O=C(CNC(=O)c1cccc(C(F)(F)F)c1)NC1CN(C2CCC(O)(c3cncs3)CC2)C1. The van der Waals surface area contributed by atoms with Gasteiger partial charge in [-0.25, -0.2) is 0 Å². The van der Waals surface area contributed by atoms with Crippen LogP contribution in [0.5, 0.6) is 0 Å². The molecule has 1 aliphatic carbocycles. The van der Waals surface area contributed by atoms with Crippen LogP contribution in [0.4, 0.5) is 13.2 Å². The predicted octanol–water partition coefficient (Wildman–Crippen LogP) is 2.52. The van der Waals surface area contributed by atoms with E-state index in [9.17, 15) is 27.9 Å². The number of amides is 2. The van der Waals surface area contributed by atoms with E-state index in [4.69, 9.17) is 0 Å². The monoisotopic (exact) mass is 482 g/mol. The summed E-state index contributed by atoms with van der Waals surface area (Å²) in [7, 11) is 0. The molecule has 1 aromatic carbocycles. The van der Waals surface area contributed by atoms with Crippen LogP contribution >= 0.6 is 11.3 Å². The van der Waals surface area contributed by atoms with Crippen molar-refractivity contribution < 1.29 is 27.9 Å². The Hall–Kier alpha value is -2.50. The number of carbonyl (C=O) groups excluding carboxylic acids is 2. The smallest absolute Gasteiger partial charge is 0.384 e. The molecule has 0 unspecified atom stereocenters. The maximum Gasteiger partial charge on any atom is 0.416 e. The number of alkyl halides is 3. The molecule has 0 atom stereocenters. The van der Waals surface area contributed by atoms with E-state index in [1.807, 2.05) is 0 Å². The molecule has 1 aromatic heterocycles. The lowest BCUT2D eigenvalue weighted by Crippen LogP contribution is -2.63. The maximum atomic E-state index is 12.8. The number of hydrogen-bond donors (Lipinski definition) is 3. The number of hydrogen-bond acceptors (Lipinski definition) is 6. The largest absolute Gasteiger partial charge is 0.416 e. The molecule has 2 aliphatic rings. The second-order valence-electron chi connectivity index (χ2n) is 8.61. The summed E-state index contributed by atoms with van der Waals surface area (Å²) < 4.78 is 38.4. The van der Waals surface area contributed by atoms with Crippen LogP contribution in [0.25, 0.3) is 0 Å². The zero-order chi connectivity index (χ0) is 23.6. The highest BCUT2D eigenvalue weighted by Gasteiger charge is 2.41. The Morgan fingerprint density at radius 3 is 2.61 bits per heavy atom. The van der Waals surface area contributed by atoms with Gasteiger partial charge in [-0.05, 0) is 43.9 Å². The van der Waals surface area contributed by atoms with Gasteiger partial charge >= 0.3 is 6.18 Å². The minimum absolute atomic E-state index is 0.0368. The summed E-state index contributed by atoms with van der Waals surface area (Å²) in [4.78, 5) is 31.5. The first-order valence-electron chi connectivity index (χ1n) is 10.7. The lowest BCUT2D eigenvalue weighted by atomic mass is 9.80. The topological polar surface area (TPSA) is 94.6 Å². The van der Waals surface area contributed by atoms with Gasteiger partial charge in [0.25, 0.3) is 5.91 Å². The normalized spacial score (nSPS) is 24.2. The Morgan fingerprint density at radius 1 is 1.24 bits per heavy atom. The standard InChI is InChI=1S/C22H25F3N4O3S/c23-22(24,25)15-3-1-2-14(8-15)20(31)27-10-19(30)28-16-11-29(12-16)17-4-6-21(32,7-5-17)18-9-26-13-33-18/h1-3,8-9,13,16-17,32H,4-7,10-12H2,(H,27,31)(H,28,30). The van der Waals surface area contributed by atoms with Crippen LogP contribution < -0.4 is 10.6 Å². The van der Waals surface area contributed by atoms with Gasteiger partial charge < -0.3 is 15.7 Å². The molecule has 1 aliphatic heterocycles. The third-order valence-electron chi connectivity index (χ3n) is 6.33. The van der Waals surface area contributed by atoms with Gasteiger partial charge in [-0.1, -0.05) is 6.07 Å². The zero-order valence-corrected chi connectivity index (χ0v) is 18.6. The lowest BCUT2D eigenvalue weighted by molar-refractivity contribution is -0.137. The number of halogens is 3. The number of nitrogens with zero attached hydrogens (tertiary/aromatic N) is 2. The van der Waals surface area contributed by atoms with Crippen LogP contribution in [0.1, 0.15) is 46.5 Å². The van der Waals surface area contributed by atoms with E-state index >= 15 is 0 Å². The third kappa shape index (κ3) is 5.53.